The van der Waals surface area contributed by atoms with Crippen LogP contribution in [0.4, 0.5) is 5.69 Å². The lowest BCUT2D eigenvalue weighted by molar-refractivity contribution is 0.103. The molecule has 6 heteroatoms. The third-order valence-electron chi connectivity index (χ3n) is 5.18. The molecule has 0 N–H and O–H groups in total. The Kier molecular flexibility index (Phi) is 7.28. The molecule has 0 radical (unpaired) electrons. The summed E-state index contributed by atoms with van der Waals surface area (Å²) in [5, 5.41) is 9.54. The number of ketones is 1. The van der Waals surface area contributed by atoms with E-state index in [0.29, 0.717) is 39.8 Å². The highest BCUT2D eigenvalue weighted by Crippen LogP contribution is 2.32. The van der Waals surface area contributed by atoms with Crippen molar-refractivity contribution in [2.24, 2.45) is 10.2 Å². The van der Waals surface area contributed by atoms with E-state index in [0.717, 1.165) is 22.4 Å². The van der Waals surface area contributed by atoms with Crippen molar-refractivity contribution < 1.29 is 4.79 Å². The van der Waals surface area contributed by atoms with Crippen molar-refractivity contribution >= 4 is 34.7 Å². The Morgan fingerprint density at radius 1 is 0.848 bits per heavy atom. The number of hydrogen-bond donors (Lipinski definition) is 0. The van der Waals surface area contributed by atoms with Gasteiger partial charge < -0.3 is 0 Å². The van der Waals surface area contributed by atoms with E-state index in [9.17, 15) is 4.79 Å². The normalized spacial score (nSPS) is 11.1. The van der Waals surface area contributed by atoms with Crippen LogP contribution in [-0.2, 0) is 13.0 Å². The van der Waals surface area contributed by atoms with E-state index in [1.165, 1.54) is 0 Å². The molecule has 4 aromatic rings. The fourth-order valence-corrected chi connectivity index (χ4v) is 3.95. The van der Waals surface area contributed by atoms with Gasteiger partial charge in [0.15, 0.2) is 5.78 Å². The molecule has 0 saturated heterocycles. The van der Waals surface area contributed by atoms with Crippen LogP contribution in [0.2, 0.25) is 10.0 Å². The molecule has 1 aromatic heterocycles. The number of carbonyl (C=O) groups excluding carboxylic acids is 1. The minimum atomic E-state index is -0.0599. The Morgan fingerprint density at radius 2 is 1.52 bits per heavy atom. The van der Waals surface area contributed by atoms with Crippen LogP contribution >= 0.6 is 23.2 Å². The zero-order chi connectivity index (χ0) is 23.2. The lowest BCUT2D eigenvalue weighted by atomic mass is 10.00. The summed E-state index contributed by atoms with van der Waals surface area (Å²) in [7, 11) is 0. The molecule has 0 atom stereocenters. The Labute approximate surface area is 202 Å². The third-order valence-corrected chi connectivity index (χ3v) is 5.85. The number of carbonyl (C=O) groups is 1. The van der Waals surface area contributed by atoms with E-state index < -0.39 is 0 Å². The van der Waals surface area contributed by atoms with E-state index in [1.54, 1.807) is 24.4 Å². The maximum Gasteiger partial charge on any atom is 0.194 e. The Balaban J connectivity index is 1.45. The summed E-state index contributed by atoms with van der Waals surface area (Å²) in [5.41, 5.74) is 5.54. The van der Waals surface area contributed by atoms with Crippen LogP contribution in [0, 0.1) is 6.92 Å². The fraction of sp³-hybridized carbons (Fsp3) is 0.111. The van der Waals surface area contributed by atoms with Crippen LogP contribution in [0.1, 0.15) is 38.3 Å². The Bertz CT molecular complexity index is 1260. The number of hydrogen-bond acceptors (Lipinski definition) is 4. The molecule has 0 fully saturated rings. The molecule has 3 aromatic carbocycles. The number of aromatic nitrogens is 1. The SMILES string of the molecule is Cc1ccc(C(=O)c2ccc(Cc3c(Cl)cc(N=NCc4ccccc4)cc3Cl)cc2)cn1. The van der Waals surface area contributed by atoms with Crippen molar-refractivity contribution in [1.82, 2.24) is 4.98 Å². The van der Waals surface area contributed by atoms with Gasteiger partial charge in [-0.1, -0.05) is 77.8 Å². The predicted molar refractivity (Wildman–Crippen MR) is 133 cm³/mol. The smallest absolute Gasteiger partial charge is 0.194 e. The first kappa shape index (κ1) is 22.8. The molecular weight excluding hydrogens is 453 g/mol. The van der Waals surface area contributed by atoms with Gasteiger partial charge >= 0.3 is 0 Å². The lowest BCUT2D eigenvalue weighted by Crippen LogP contribution is -2.02. The number of pyridine rings is 1. The van der Waals surface area contributed by atoms with Gasteiger partial charge in [0.05, 0.1) is 12.2 Å². The molecule has 0 saturated carbocycles. The van der Waals surface area contributed by atoms with Crippen molar-refractivity contribution in [2.45, 2.75) is 19.9 Å². The number of nitrogens with zero attached hydrogens (tertiary/aromatic N) is 3. The molecule has 4 rings (SSSR count). The van der Waals surface area contributed by atoms with Gasteiger partial charge in [-0.2, -0.15) is 10.2 Å². The quantitative estimate of drug-likeness (QED) is 0.203. The molecule has 1 heterocycles. The van der Waals surface area contributed by atoms with E-state index in [1.807, 2.05) is 67.6 Å². The molecule has 0 bridgehead atoms. The topological polar surface area (TPSA) is 54.7 Å². The van der Waals surface area contributed by atoms with Crippen molar-refractivity contribution in [1.29, 1.82) is 0 Å². The number of halogens is 2. The predicted octanol–water partition coefficient (Wildman–Crippen LogP) is 7.80. The summed E-state index contributed by atoms with van der Waals surface area (Å²) in [6.45, 7) is 2.38. The highest BCUT2D eigenvalue weighted by Gasteiger charge is 2.12. The first-order chi connectivity index (χ1) is 16.0. The molecule has 0 unspecified atom stereocenters. The van der Waals surface area contributed by atoms with E-state index in [-0.39, 0.29) is 5.78 Å². The number of rotatable bonds is 7. The zero-order valence-corrected chi connectivity index (χ0v) is 19.5. The van der Waals surface area contributed by atoms with Gasteiger partial charge in [0, 0.05) is 39.5 Å². The minimum Gasteiger partial charge on any atom is -0.289 e. The van der Waals surface area contributed by atoms with Crippen LogP contribution in [0.3, 0.4) is 0 Å². The molecule has 0 aliphatic carbocycles. The summed E-state index contributed by atoms with van der Waals surface area (Å²) < 4.78 is 0. The van der Waals surface area contributed by atoms with Gasteiger partial charge in [-0.3, -0.25) is 9.78 Å². The van der Waals surface area contributed by atoms with Crippen molar-refractivity contribution in [3.8, 4) is 0 Å². The average molecular weight is 474 g/mol. The summed E-state index contributed by atoms with van der Waals surface area (Å²) >= 11 is 13.0. The summed E-state index contributed by atoms with van der Waals surface area (Å²) in [4.78, 5) is 16.8. The Morgan fingerprint density at radius 3 is 2.15 bits per heavy atom. The summed E-state index contributed by atoms with van der Waals surface area (Å²) in [5.74, 6) is -0.0599. The molecule has 4 nitrogen and oxygen atoms in total. The summed E-state index contributed by atoms with van der Waals surface area (Å²) in [6.07, 6.45) is 2.14. The second-order valence-electron chi connectivity index (χ2n) is 7.66. The Hall–Kier alpha value is -3.34. The monoisotopic (exact) mass is 473 g/mol. The molecule has 0 aliphatic heterocycles. The first-order valence-electron chi connectivity index (χ1n) is 10.5. The summed E-state index contributed by atoms with van der Waals surface area (Å²) in [6, 6.07) is 24.5. The van der Waals surface area contributed by atoms with E-state index in [4.69, 9.17) is 23.2 Å². The van der Waals surface area contributed by atoms with Gasteiger partial charge in [0.1, 0.15) is 0 Å². The number of benzene rings is 3. The van der Waals surface area contributed by atoms with Gasteiger partial charge in [0.25, 0.3) is 0 Å². The largest absolute Gasteiger partial charge is 0.289 e. The number of aryl methyl sites for hydroxylation is 1. The molecule has 0 spiro atoms. The zero-order valence-electron chi connectivity index (χ0n) is 18.0. The van der Waals surface area contributed by atoms with Gasteiger partial charge in [-0.15, -0.1) is 0 Å². The fourth-order valence-electron chi connectivity index (χ4n) is 3.35. The maximum absolute atomic E-state index is 12.6. The molecule has 0 amide bonds. The van der Waals surface area contributed by atoms with Crippen molar-refractivity contribution in [3.05, 3.63) is 129 Å². The van der Waals surface area contributed by atoms with Gasteiger partial charge in [0.2, 0.25) is 0 Å². The highest BCUT2D eigenvalue weighted by atomic mass is 35.5. The maximum atomic E-state index is 12.6. The molecule has 164 valence electrons. The van der Waals surface area contributed by atoms with E-state index in [2.05, 4.69) is 15.2 Å². The van der Waals surface area contributed by atoms with Crippen LogP contribution < -0.4 is 0 Å². The van der Waals surface area contributed by atoms with Gasteiger partial charge in [-0.25, -0.2) is 0 Å². The standard InChI is InChI=1S/C27H21Cl2N3O/c1-18-7-10-22(17-30-18)27(33)21-11-8-19(9-12-21)13-24-25(28)14-23(15-26(24)29)32-31-16-20-5-3-2-4-6-20/h2-12,14-15,17H,13,16H2,1H3. The van der Waals surface area contributed by atoms with Crippen LogP contribution in [0.5, 0.6) is 0 Å². The van der Waals surface area contributed by atoms with E-state index >= 15 is 0 Å². The highest BCUT2D eigenvalue weighted by molar-refractivity contribution is 6.36. The third kappa shape index (κ3) is 5.92. The van der Waals surface area contributed by atoms with Crippen LogP contribution in [0.25, 0.3) is 0 Å². The number of azo groups is 1. The average Bonchev–Trinajstić information content (AvgIpc) is 2.83. The molecule has 0 aliphatic rings. The second kappa shape index (κ2) is 10.5. The molecular formula is C27H21Cl2N3O. The minimum absolute atomic E-state index is 0.0599. The lowest BCUT2D eigenvalue weighted by Gasteiger charge is -2.09. The van der Waals surface area contributed by atoms with Crippen LogP contribution in [0.15, 0.2) is 95.3 Å². The first-order valence-corrected chi connectivity index (χ1v) is 11.2. The van der Waals surface area contributed by atoms with Gasteiger partial charge in [-0.05, 0) is 47.9 Å². The van der Waals surface area contributed by atoms with Crippen molar-refractivity contribution in [2.75, 3.05) is 0 Å². The molecule has 33 heavy (non-hydrogen) atoms. The second-order valence-corrected chi connectivity index (χ2v) is 8.48. The van der Waals surface area contributed by atoms with Crippen LogP contribution in [-0.4, -0.2) is 10.8 Å². The van der Waals surface area contributed by atoms with Crippen molar-refractivity contribution in [3.63, 3.8) is 0 Å².